The third kappa shape index (κ3) is 3.18. The van der Waals surface area contributed by atoms with E-state index in [0.29, 0.717) is 11.6 Å². The van der Waals surface area contributed by atoms with E-state index in [2.05, 4.69) is 15.3 Å². The van der Waals surface area contributed by atoms with Crippen molar-refractivity contribution in [1.29, 1.82) is 0 Å². The summed E-state index contributed by atoms with van der Waals surface area (Å²) in [6.07, 6.45) is 1.58. The van der Waals surface area contributed by atoms with Crippen LogP contribution in [-0.4, -0.2) is 73.1 Å². The van der Waals surface area contributed by atoms with Crippen molar-refractivity contribution in [2.24, 2.45) is 0 Å². The van der Waals surface area contributed by atoms with Crippen molar-refractivity contribution in [3.63, 3.8) is 0 Å². The van der Waals surface area contributed by atoms with Crippen LogP contribution in [0.15, 0.2) is 18.3 Å². The van der Waals surface area contributed by atoms with Crippen LogP contribution in [0, 0.1) is 0 Å². The van der Waals surface area contributed by atoms with Gasteiger partial charge in [-0.15, -0.1) is 0 Å². The minimum absolute atomic E-state index is 0.0570. The monoisotopic (exact) mass is 305 g/mol. The number of carbonyl (C=O) groups is 2. The molecule has 8 nitrogen and oxygen atoms in total. The number of hydrazine groups is 1. The lowest BCUT2D eigenvalue weighted by Gasteiger charge is -2.33. The molecule has 0 aromatic carbocycles. The molecule has 1 saturated heterocycles. The summed E-state index contributed by atoms with van der Waals surface area (Å²) >= 11 is 0. The van der Waals surface area contributed by atoms with Gasteiger partial charge in [0.2, 0.25) is 0 Å². The van der Waals surface area contributed by atoms with E-state index in [1.54, 1.807) is 18.3 Å². The number of piperazine rings is 1. The largest absolute Gasteiger partial charge is 0.480 e. The summed E-state index contributed by atoms with van der Waals surface area (Å²) < 4.78 is 5.31. The second-order valence-corrected chi connectivity index (χ2v) is 5.42. The van der Waals surface area contributed by atoms with Crippen LogP contribution in [0.3, 0.4) is 0 Å². The number of likely N-dealkylation sites (N-methyl/N-ethyl adjacent to an activating group) is 1. The minimum Gasteiger partial charge on any atom is -0.480 e. The van der Waals surface area contributed by atoms with Crippen LogP contribution in [0.4, 0.5) is 5.82 Å². The fourth-order valence-corrected chi connectivity index (χ4v) is 2.47. The highest BCUT2D eigenvalue weighted by atomic mass is 16.5. The van der Waals surface area contributed by atoms with Gasteiger partial charge in [0.1, 0.15) is 6.54 Å². The summed E-state index contributed by atoms with van der Waals surface area (Å²) in [6.45, 7) is 3.23. The van der Waals surface area contributed by atoms with Crippen molar-refractivity contribution in [1.82, 2.24) is 20.3 Å². The van der Waals surface area contributed by atoms with Gasteiger partial charge < -0.3 is 9.64 Å². The maximum atomic E-state index is 12.2. The Labute approximate surface area is 128 Å². The summed E-state index contributed by atoms with van der Waals surface area (Å²) in [6, 6.07) is 3.47. The van der Waals surface area contributed by atoms with Gasteiger partial charge in [0, 0.05) is 32.4 Å². The Balaban J connectivity index is 1.62. The van der Waals surface area contributed by atoms with Gasteiger partial charge in [-0.25, -0.2) is 9.99 Å². The molecule has 22 heavy (non-hydrogen) atoms. The average molecular weight is 305 g/mol. The van der Waals surface area contributed by atoms with Gasteiger partial charge in [0.25, 0.3) is 11.8 Å². The van der Waals surface area contributed by atoms with Crippen LogP contribution < -0.4 is 15.1 Å². The van der Waals surface area contributed by atoms with Crippen LogP contribution in [0.2, 0.25) is 0 Å². The van der Waals surface area contributed by atoms with Gasteiger partial charge in [0.15, 0.2) is 18.2 Å². The normalized spacial score (nSPS) is 19.5. The number of aromatic nitrogens is 1. The van der Waals surface area contributed by atoms with E-state index in [-0.39, 0.29) is 25.0 Å². The molecule has 0 radical (unpaired) electrons. The van der Waals surface area contributed by atoms with Crippen LogP contribution in [-0.2, 0) is 9.59 Å². The molecule has 0 spiro atoms. The Kier molecular flexibility index (Phi) is 4.21. The van der Waals surface area contributed by atoms with E-state index < -0.39 is 0 Å². The quantitative estimate of drug-likeness (QED) is 0.779. The standard InChI is InChI=1S/C14H19N5O3/c1-17-5-7-18(8-6-17)16-12(20)9-19-13(21)10-22-11-3-2-4-15-14(11)19/h2-4H,5-10H2,1H3,(H,16,20). The average Bonchev–Trinajstić information content (AvgIpc) is 2.52. The molecule has 0 saturated carbocycles. The van der Waals surface area contributed by atoms with Crippen molar-refractivity contribution < 1.29 is 14.3 Å². The third-order valence-corrected chi connectivity index (χ3v) is 3.75. The molecule has 3 heterocycles. The second kappa shape index (κ2) is 6.29. The highest BCUT2D eigenvalue weighted by molar-refractivity contribution is 6.01. The summed E-state index contributed by atoms with van der Waals surface area (Å²) in [5.41, 5.74) is 2.84. The fraction of sp³-hybridized carbons (Fsp3) is 0.500. The molecule has 2 amide bonds. The van der Waals surface area contributed by atoms with Gasteiger partial charge >= 0.3 is 0 Å². The van der Waals surface area contributed by atoms with E-state index in [0.717, 1.165) is 26.2 Å². The molecule has 1 N–H and O–H groups in total. The molecule has 0 unspecified atom stereocenters. The molecule has 1 aromatic rings. The fourth-order valence-electron chi connectivity index (χ4n) is 2.47. The topological polar surface area (TPSA) is 78.0 Å². The number of ether oxygens (including phenoxy) is 1. The summed E-state index contributed by atoms with van der Waals surface area (Å²) in [5, 5.41) is 1.88. The maximum absolute atomic E-state index is 12.2. The number of nitrogens with one attached hydrogen (secondary N) is 1. The van der Waals surface area contributed by atoms with E-state index >= 15 is 0 Å². The lowest BCUT2D eigenvalue weighted by Crippen LogP contribution is -2.55. The lowest BCUT2D eigenvalue weighted by molar-refractivity contribution is -0.128. The molecule has 1 aromatic heterocycles. The van der Waals surface area contributed by atoms with Gasteiger partial charge in [0.05, 0.1) is 0 Å². The molecular formula is C14H19N5O3. The third-order valence-electron chi connectivity index (χ3n) is 3.75. The predicted octanol–water partition coefficient (Wildman–Crippen LogP) is -0.914. The molecule has 0 bridgehead atoms. The minimum atomic E-state index is -0.264. The van der Waals surface area contributed by atoms with Gasteiger partial charge in [-0.1, -0.05) is 0 Å². The number of pyridine rings is 1. The predicted molar refractivity (Wildman–Crippen MR) is 79.3 cm³/mol. The summed E-state index contributed by atoms with van der Waals surface area (Å²) in [5.74, 6) is 0.429. The first kappa shape index (κ1) is 14.7. The van der Waals surface area contributed by atoms with Crippen molar-refractivity contribution in [2.45, 2.75) is 0 Å². The Hall–Kier alpha value is -2.19. The molecule has 2 aliphatic rings. The first-order chi connectivity index (χ1) is 10.6. The smallest absolute Gasteiger partial charge is 0.266 e. The van der Waals surface area contributed by atoms with Gasteiger partial charge in [-0.3, -0.25) is 19.9 Å². The van der Waals surface area contributed by atoms with Crippen LogP contribution in [0.5, 0.6) is 5.75 Å². The molecule has 2 aliphatic heterocycles. The number of carbonyl (C=O) groups excluding carboxylic acids is 2. The maximum Gasteiger partial charge on any atom is 0.266 e. The molecule has 8 heteroatoms. The van der Waals surface area contributed by atoms with E-state index in [9.17, 15) is 9.59 Å². The van der Waals surface area contributed by atoms with E-state index in [1.807, 2.05) is 12.1 Å². The Morgan fingerprint density at radius 2 is 2.14 bits per heavy atom. The molecular weight excluding hydrogens is 286 g/mol. The Morgan fingerprint density at radius 1 is 1.36 bits per heavy atom. The zero-order chi connectivity index (χ0) is 15.5. The van der Waals surface area contributed by atoms with Crippen molar-refractivity contribution >= 4 is 17.6 Å². The van der Waals surface area contributed by atoms with Crippen LogP contribution >= 0.6 is 0 Å². The van der Waals surface area contributed by atoms with E-state index in [4.69, 9.17) is 4.74 Å². The number of hydrogen-bond donors (Lipinski definition) is 1. The molecule has 0 atom stereocenters. The van der Waals surface area contributed by atoms with Gasteiger partial charge in [-0.2, -0.15) is 0 Å². The second-order valence-electron chi connectivity index (χ2n) is 5.42. The highest BCUT2D eigenvalue weighted by Crippen LogP contribution is 2.28. The van der Waals surface area contributed by atoms with E-state index in [1.165, 1.54) is 4.90 Å². The lowest BCUT2D eigenvalue weighted by atomic mass is 10.3. The SMILES string of the molecule is CN1CCN(NC(=O)CN2C(=O)COc3cccnc32)CC1. The zero-order valence-corrected chi connectivity index (χ0v) is 12.5. The van der Waals surface area contributed by atoms with Crippen LogP contribution in [0.1, 0.15) is 0 Å². The number of nitrogens with zero attached hydrogens (tertiary/aromatic N) is 4. The Bertz CT molecular complexity index is 571. The number of hydrogen-bond acceptors (Lipinski definition) is 6. The Morgan fingerprint density at radius 3 is 2.91 bits per heavy atom. The molecule has 1 fully saturated rings. The van der Waals surface area contributed by atoms with Gasteiger partial charge in [-0.05, 0) is 19.2 Å². The number of rotatable bonds is 3. The first-order valence-corrected chi connectivity index (χ1v) is 7.24. The van der Waals surface area contributed by atoms with Crippen molar-refractivity contribution in [3.05, 3.63) is 18.3 Å². The number of fused-ring (bicyclic) bond motifs is 1. The zero-order valence-electron chi connectivity index (χ0n) is 12.5. The highest BCUT2D eigenvalue weighted by Gasteiger charge is 2.29. The molecule has 0 aliphatic carbocycles. The molecule has 118 valence electrons. The first-order valence-electron chi connectivity index (χ1n) is 7.24. The van der Waals surface area contributed by atoms with Crippen molar-refractivity contribution in [3.8, 4) is 5.75 Å². The summed E-state index contributed by atoms with van der Waals surface area (Å²) in [7, 11) is 2.05. The summed E-state index contributed by atoms with van der Waals surface area (Å²) in [4.78, 5) is 31.9. The van der Waals surface area contributed by atoms with Crippen molar-refractivity contribution in [2.75, 3.05) is 51.3 Å². The number of anilines is 1. The molecule has 3 rings (SSSR count). The number of amides is 2. The van der Waals surface area contributed by atoms with Crippen LogP contribution in [0.25, 0.3) is 0 Å².